The van der Waals surface area contributed by atoms with Crippen molar-refractivity contribution in [2.45, 2.75) is 6.92 Å². The van der Waals surface area contributed by atoms with Gasteiger partial charge in [0.15, 0.2) is 5.52 Å². The second-order valence-corrected chi connectivity index (χ2v) is 4.58. The fraction of sp³-hybridized carbons (Fsp3) is 0.0667. The van der Waals surface area contributed by atoms with Crippen LogP contribution in [-0.2, 0) is 0 Å². The third kappa shape index (κ3) is 1.28. The number of hydrogen-bond acceptors (Lipinski definition) is 3. The number of nitrogens with zero attached hydrogens (tertiary/aromatic N) is 2. The Labute approximate surface area is 107 Å². The van der Waals surface area contributed by atoms with Crippen molar-refractivity contribution in [2.24, 2.45) is 0 Å². The van der Waals surface area contributed by atoms with Crippen molar-refractivity contribution in [3.63, 3.8) is 0 Å². The van der Waals surface area contributed by atoms with Crippen LogP contribution in [0, 0.1) is 6.92 Å². The van der Waals surface area contributed by atoms with Crippen LogP contribution in [0.15, 0.2) is 51.8 Å². The van der Waals surface area contributed by atoms with Crippen LogP contribution in [0.4, 0.5) is 0 Å². The van der Waals surface area contributed by atoms with E-state index in [4.69, 9.17) is 4.42 Å². The predicted octanol–water partition coefficient (Wildman–Crippen LogP) is 2.90. The van der Waals surface area contributed by atoms with E-state index in [0.717, 1.165) is 11.2 Å². The Hall–Kier alpha value is -2.62. The number of aryl methyl sites for hydroxylation is 1. The highest BCUT2D eigenvalue weighted by molar-refractivity contribution is 5.88. The third-order valence-electron chi connectivity index (χ3n) is 3.37. The molecule has 0 bridgehead atoms. The largest absolute Gasteiger partial charge is 0.436 e. The summed E-state index contributed by atoms with van der Waals surface area (Å²) in [5.41, 5.74) is 3.18. The number of benzene rings is 1. The van der Waals surface area contributed by atoms with E-state index in [2.05, 4.69) is 4.98 Å². The summed E-state index contributed by atoms with van der Waals surface area (Å²) in [6.07, 6.45) is 1.84. The van der Waals surface area contributed by atoms with Crippen LogP contribution >= 0.6 is 0 Å². The molecule has 4 rings (SSSR count). The molecule has 0 radical (unpaired) electrons. The molecule has 4 aromatic rings. The van der Waals surface area contributed by atoms with E-state index in [9.17, 15) is 4.79 Å². The van der Waals surface area contributed by atoms with E-state index in [0.29, 0.717) is 22.2 Å². The normalized spacial score (nSPS) is 11.6. The number of fused-ring (bicyclic) bond motifs is 4. The van der Waals surface area contributed by atoms with Gasteiger partial charge in [-0.25, -0.2) is 0 Å². The molecule has 0 N–H and O–H groups in total. The number of hydrogen-bond donors (Lipinski definition) is 0. The van der Waals surface area contributed by atoms with E-state index in [1.165, 1.54) is 0 Å². The lowest BCUT2D eigenvalue weighted by atomic mass is 10.2. The van der Waals surface area contributed by atoms with Gasteiger partial charge in [-0.05, 0) is 30.7 Å². The van der Waals surface area contributed by atoms with Crippen molar-refractivity contribution >= 4 is 27.8 Å². The van der Waals surface area contributed by atoms with Crippen LogP contribution in [0.2, 0.25) is 0 Å². The number of para-hydroxylation sites is 1. The minimum absolute atomic E-state index is 0.0463. The van der Waals surface area contributed by atoms with Gasteiger partial charge in [-0.1, -0.05) is 18.2 Å². The van der Waals surface area contributed by atoms with E-state index < -0.39 is 0 Å². The van der Waals surface area contributed by atoms with Crippen molar-refractivity contribution in [1.82, 2.24) is 9.38 Å². The molecule has 0 fully saturated rings. The molecule has 0 saturated heterocycles. The molecule has 92 valence electrons. The van der Waals surface area contributed by atoms with Crippen LogP contribution in [0.3, 0.4) is 0 Å². The zero-order valence-corrected chi connectivity index (χ0v) is 10.3. The van der Waals surface area contributed by atoms with E-state index in [1.54, 1.807) is 16.5 Å². The lowest BCUT2D eigenvalue weighted by Crippen LogP contribution is -2.04. The van der Waals surface area contributed by atoms with Crippen molar-refractivity contribution in [3.8, 4) is 0 Å². The lowest BCUT2D eigenvalue weighted by Gasteiger charge is -1.98. The predicted molar refractivity (Wildman–Crippen MR) is 73.5 cm³/mol. The molecule has 0 aliphatic rings. The van der Waals surface area contributed by atoms with Gasteiger partial charge in [-0.2, -0.15) is 4.98 Å². The average Bonchev–Trinajstić information content (AvgIpc) is 2.79. The Balaban J connectivity index is 2.38. The molecule has 0 spiro atoms. The van der Waals surface area contributed by atoms with E-state index in [1.807, 2.05) is 37.4 Å². The van der Waals surface area contributed by atoms with Gasteiger partial charge in [0, 0.05) is 6.20 Å². The summed E-state index contributed by atoms with van der Waals surface area (Å²) < 4.78 is 7.53. The van der Waals surface area contributed by atoms with Gasteiger partial charge in [0.1, 0.15) is 11.2 Å². The van der Waals surface area contributed by atoms with Crippen molar-refractivity contribution in [1.29, 1.82) is 0 Å². The molecule has 19 heavy (non-hydrogen) atoms. The highest BCUT2D eigenvalue weighted by Gasteiger charge is 2.14. The first-order chi connectivity index (χ1) is 9.25. The fourth-order valence-electron chi connectivity index (χ4n) is 2.44. The molecule has 0 aliphatic heterocycles. The topological polar surface area (TPSA) is 47.5 Å². The summed E-state index contributed by atoms with van der Waals surface area (Å²) in [6, 6.07) is 11.1. The molecule has 1 aromatic carbocycles. The highest BCUT2D eigenvalue weighted by atomic mass is 16.3. The minimum atomic E-state index is -0.0463. The summed E-state index contributed by atoms with van der Waals surface area (Å²) in [5.74, 6) is 0. The van der Waals surface area contributed by atoms with Crippen LogP contribution in [-0.4, -0.2) is 9.38 Å². The van der Waals surface area contributed by atoms with Crippen LogP contribution < -0.4 is 5.43 Å². The third-order valence-corrected chi connectivity index (χ3v) is 3.37. The van der Waals surface area contributed by atoms with Gasteiger partial charge in [0.25, 0.3) is 0 Å². The van der Waals surface area contributed by atoms with Crippen molar-refractivity contribution in [2.75, 3.05) is 0 Å². The Morgan fingerprint density at radius 1 is 1.16 bits per heavy atom. The number of aromatic nitrogens is 2. The molecule has 0 saturated carbocycles. The number of pyridine rings is 1. The summed E-state index contributed by atoms with van der Waals surface area (Å²) in [7, 11) is 0. The maximum atomic E-state index is 12.6. The molecule has 0 unspecified atom stereocenters. The quantitative estimate of drug-likeness (QED) is 0.482. The number of imidazole rings is 1. The van der Waals surface area contributed by atoms with E-state index in [-0.39, 0.29) is 5.43 Å². The van der Waals surface area contributed by atoms with Crippen LogP contribution in [0.1, 0.15) is 5.56 Å². The fourth-order valence-corrected chi connectivity index (χ4v) is 2.44. The van der Waals surface area contributed by atoms with Gasteiger partial charge in [-0.15, -0.1) is 0 Å². The monoisotopic (exact) mass is 250 g/mol. The van der Waals surface area contributed by atoms with Gasteiger partial charge in [-0.3, -0.25) is 9.20 Å². The van der Waals surface area contributed by atoms with Gasteiger partial charge < -0.3 is 4.42 Å². The first kappa shape index (κ1) is 10.3. The zero-order chi connectivity index (χ0) is 13.0. The van der Waals surface area contributed by atoms with Gasteiger partial charge >= 0.3 is 0 Å². The maximum absolute atomic E-state index is 12.6. The summed E-state index contributed by atoms with van der Waals surface area (Å²) in [4.78, 5) is 17.0. The van der Waals surface area contributed by atoms with E-state index >= 15 is 0 Å². The average molecular weight is 250 g/mol. The standard InChI is InChI=1S/C15H10N2O2/c1-9-5-4-8-17-12-13(18)10-6-2-3-7-11(10)19-15(12)16-14(9)17/h2-8H,1H3. The van der Waals surface area contributed by atoms with Gasteiger partial charge in [0.2, 0.25) is 11.1 Å². The molecule has 3 heterocycles. The molecule has 0 aliphatic carbocycles. The van der Waals surface area contributed by atoms with Gasteiger partial charge in [0.05, 0.1) is 5.39 Å². The first-order valence-electron chi connectivity index (χ1n) is 6.05. The second-order valence-electron chi connectivity index (χ2n) is 4.58. The smallest absolute Gasteiger partial charge is 0.250 e. The zero-order valence-electron chi connectivity index (χ0n) is 10.3. The Morgan fingerprint density at radius 2 is 2.00 bits per heavy atom. The Morgan fingerprint density at radius 3 is 2.89 bits per heavy atom. The summed E-state index contributed by atoms with van der Waals surface area (Å²) in [6.45, 7) is 1.96. The van der Waals surface area contributed by atoms with Crippen molar-refractivity contribution in [3.05, 3.63) is 58.4 Å². The Kier molecular flexibility index (Phi) is 1.87. The minimum Gasteiger partial charge on any atom is -0.436 e. The molecule has 3 aromatic heterocycles. The summed E-state index contributed by atoms with van der Waals surface area (Å²) >= 11 is 0. The summed E-state index contributed by atoms with van der Waals surface area (Å²) in [5, 5.41) is 0.582. The lowest BCUT2D eigenvalue weighted by molar-refractivity contribution is 0.648. The molecular formula is C15H10N2O2. The molecule has 0 atom stereocenters. The SMILES string of the molecule is Cc1cccn2c1nc1oc3ccccc3c(=O)c12. The van der Waals surface area contributed by atoms with Crippen LogP contribution in [0.25, 0.3) is 27.8 Å². The van der Waals surface area contributed by atoms with Crippen LogP contribution in [0.5, 0.6) is 0 Å². The highest BCUT2D eigenvalue weighted by Crippen LogP contribution is 2.20. The maximum Gasteiger partial charge on any atom is 0.250 e. The first-order valence-corrected chi connectivity index (χ1v) is 6.05. The molecule has 4 heteroatoms. The molecule has 4 nitrogen and oxygen atoms in total. The Bertz CT molecular complexity index is 995. The van der Waals surface area contributed by atoms with Crippen molar-refractivity contribution < 1.29 is 4.42 Å². The molecular weight excluding hydrogens is 240 g/mol. The molecule has 0 amide bonds. The second kappa shape index (κ2) is 3.45. The number of rotatable bonds is 0.